The molecule has 0 saturated carbocycles. The monoisotopic (exact) mass is 386 g/mol. The summed E-state index contributed by atoms with van der Waals surface area (Å²) in [6.45, 7) is 1.80. The summed E-state index contributed by atoms with van der Waals surface area (Å²) < 4.78 is 0. The van der Waals surface area contributed by atoms with E-state index in [2.05, 4.69) is 4.98 Å². The van der Waals surface area contributed by atoms with E-state index in [0.717, 1.165) is 0 Å². The van der Waals surface area contributed by atoms with E-state index in [1.807, 2.05) is 0 Å². The van der Waals surface area contributed by atoms with E-state index in [1.54, 1.807) is 25.1 Å². The number of aryl methyl sites for hydroxylation is 1. The minimum atomic E-state index is -0.610. The molecule has 1 aromatic carbocycles. The van der Waals surface area contributed by atoms with Gasteiger partial charge in [-0.05, 0) is 31.5 Å². The number of aromatic nitrogens is 1. The zero-order chi connectivity index (χ0) is 17.4. The van der Waals surface area contributed by atoms with Crippen LogP contribution in [0.3, 0.4) is 0 Å². The van der Waals surface area contributed by atoms with Crippen molar-refractivity contribution in [1.82, 2.24) is 9.88 Å². The van der Waals surface area contributed by atoms with Crippen LogP contribution in [0.25, 0.3) is 10.6 Å². The number of aliphatic hydroxyl groups is 2. The van der Waals surface area contributed by atoms with Crippen LogP contribution in [0, 0.1) is 6.92 Å². The molecule has 0 unspecified atom stereocenters. The number of carbonyl (C=O) groups excluding carboxylic acids is 1. The number of hydrogen-bond acceptors (Lipinski definition) is 5. The Morgan fingerprint density at radius 1 is 1.46 bits per heavy atom. The van der Waals surface area contributed by atoms with Crippen molar-refractivity contribution in [2.45, 2.75) is 25.5 Å². The van der Waals surface area contributed by atoms with E-state index in [-0.39, 0.29) is 25.1 Å². The Bertz CT molecular complexity index is 781. The van der Waals surface area contributed by atoms with Gasteiger partial charge in [0.25, 0.3) is 5.91 Å². The van der Waals surface area contributed by atoms with Crippen LogP contribution >= 0.6 is 34.5 Å². The Hall–Kier alpha value is -1.18. The SMILES string of the molecule is Cc1nc(-c2cc(Cl)ccc2Cl)sc1C(=O)N1C[C@@H](O)C[C@H]1CO. The maximum atomic E-state index is 12.8. The molecule has 24 heavy (non-hydrogen) atoms. The summed E-state index contributed by atoms with van der Waals surface area (Å²) in [6.07, 6.45) is -0.228. The van der Waals surface area contributed by atoms with Crippen LogP contribution in [-0.4, -0.2) is 51.3 Å². The predicted molar refractivity (Wildman–Crippen MR) is 94.8 cm³/mol. The van der Waals surface area contributed by atoms with Crippen molar-refractivity contribution >= 4 is 40.4 Å². The molecule has 2 heterocycles. The number of benzene rings is 1. The van der Waals surface area contributed by atoms with Crippen LogP contribution in [0.2, 0.25) is 10.0 Å². The number of aliphatic hydroxyl groups excluding tert-OH is 2. The number of thiazole rings is 1. The fourth-order valence-corrected chi connectivity index (χ4v) is 4.30. The Balaban J connectivity index is 1.94. The lowest BCUT2D eigenvalue weighted by atomic mass is 10.2. The molecular weight excluding hydrogens is 371 g/mol. The molecule has 0 aliphatic carbocycles. The molecule has 128 valence electrons. The van der Waals surface area contributed by atoms with Crippen LogP contribution in [0.15, 0.2) is 18.2 Å². The van der Waals surface area contributed by atoms with Crippen molar-refractivity contribution in [3.8, 4) is 10.6 Å². The van der Waals surface area contributed by atoms with Gasteiger partial charge in [0.1, 0.15) is 9.88 Å². The van der Waals surface area contributed by atoms with E-state index in [4.69, 9.17) is 23.2 Å². The summed E-state index contributed by atoms with van der Waals surface area (Å²) >= 11 is 13.5. The molecule has 2 N–H and O–H groups in total. The van der Waals surface area contributed by atoms with Gasteiger partial charge >= 0.3 is 0 Å². The molecule has 1 saturated heterocycles. The standard InChI is InChI=1S/C16H16Cl2N2O3S/c1-8-14(16(23)20-6-11(22)5-10(20)7-21)24-15(19-8)12-4-9(17)2-3-13(12)18/h2-4,10-11,21-22H,5-7H2,1H3/t10-,11-/m0/s1. The third-order valence-electron chi connectivity index (χ3n) is 4.01. The fourth-order valence-electron chi connectivity index (χ4n) is 2.82. The number of β-amino-alcohol motifs (C(OH)–C–C–N with tert-alkyl or cyclic N) is 1. The second-order valence-electron chi connectivity index (χ2n) is 5.74. The van der Waals surface area contributed by atoms with Gasteiger partial charge in [-0.2, -0.15) is 0 Å². The minimum Gasteiger partial charge on any atom is -0.394 e. The van der Waals surface area contributed by atoms with Crippen LogP contribution < -0.4 is 0 Å². The highest BCUT2D eigenvalue weighted by Gasteiger charge is 2.35. The lowest BCUT2D eigenvalue weighted by Gasteiger charge is -2.22. The third-order valence-corrected chi connectivity index (χ3v) is 5.76. The quantitative estimate of drug-likeness (QED) is 0.849. The number of nitrogens with zero attached hydrogens (tertiary/aromatic N) is 2. The third kappa shape index (κ3) is 3.30. The highest BCUT2D eigenvalue weighted by molar-refractivity contribution is 7.17. The molecule has 1 aromatic heterocycles. The summed E-state index contributed by atoms with van der Waals surface area (Å²) in [5.74, 6) is -0.231. The second-order valence-corrected chi connectivity index (χ2v) is 7.58. The average Bonchev–Trinajstić information content (AvgIpc) is 3.11. The average molecular weight is 387 g/mol. The van der Waals surface area contributed by atoms with E-state index in [9.17, 15) is 15.0 Å². The van der Waals surface area contributed by atoms with E-state index in [0.29, 0.717) is 37.6 Å². The zero-order valence-electron chi connectivity index (χ0n) is 12.9. The van der Waals surface area contributed by atoms with Gasteiger partial charge in [-0.25, -0.2) is 4.98 Å². The highest BCUT2D eigenvalue weighted by atomic mass is 35.5. The first-order valence-electron chi connectivity index (χ1n) is 7.43. The van der Waals surface area contributed by atoms with Crippen molar-refractivity contribution in [3.05, 3.63) is 38.8 Å². The summed E-state index contributed by atoms with van der Waals surface area (Å²) in [5, 5.41) is 20.9. The topological polar surface area (TPSA) is 73.7 Å². The van der Waals surface area contributed by atoms with E-state index >= 15 is 0 Å². The molecule has 1 aliphatic heterocycles. The minimum absolute atomic E-state index is 0.173. The van der Waals surface area contributed by atoms with Crippen LogP contribution in [0.4, 0.5) is 0 Å². The Morgan fingerprint density at radius 2 is 2.21 bits per heavy atom. The van der Waals surface area contributed by atoms with Crippen molar-refractivity contribution in [2.75, 3.05) is 13.2 Å². The zero-order valence-corrected chi connectivity index (χ0v) is 15.2. The lowest BCUT2D eigenvalue weighted by molar-refractivity contribution is 0.0669. The maximum Gasteiger partial charge on any atom is 0.266 e. The van der Waals surface area contributed by atoms with Gasteiger partial charge < -0.3 is 15.1 Å². The molecular formula is C16H16Cl2N2O3S. The number of rotatable bonds is 3. The van der Waals surface area contributed by atoms with E-state index in [1.165, 1.54) is 16.2 Å². The summed E-state index contributed by atoms with van der Waals surface area (Å²) in [4.78, 5) is 19.2. The highest BCUT2D eigenvalue weighted by Crippen LogP contribution is 2.35. The predicted octanol–water partition coefficient (Wildman–Crippen LogP) is 2.99. The number of carbonyl (C=O) groups is 1. The molecule has 1 amide bonds. The van der Waals surface area contributed by atoms with Gasteiger partial charge in [-0.3, -0.25) is 4.79 Å². The van der Waals surface area contributed by atoms with Gasteiger partial charge in [0.05, 0.1) is 29.5 Å². The Labute approximate surface area is 153 Å². The second kappa shape index (κ2) is 6.98. The molecule has 5 nitrogen and oxygen atoms in total. The maximum absolute atomic E-state index is 12.8. The molecule has 0 radical (unpaired) electrons. The smallest absolute Gasteiger partial charge is 0.266 e. The van der Waals surface area contributed by atoms with Crippen molar-refractivity contribution in [3.63, 3.8) is 0 Å². The number of likely N-dealkylation sites (tertiary alicyclic amines) is 1. The van der Waals surface area contributed by atoms with E-state index < -0.39 is 6.10 Å². The Kier molecular flexibility index (Phi) is 5.13. The number of halogens is 2. The Morgan fingerprint density at radius 3 is 2.92 bits per heavy atom. The fraction of sp³-hybridized carbons (Fsp3) is 0.375. The molecule has 1 fully saturated rings. The van der Waals surface area contributed by atoms with Crippen LogP contribution in [0.5, 0.6) is 0 Å². The largest absolute Gasteiger partial charge is 0.394 e. The van der Waals surface area contributed by atoms with Gasteiger partial charge in [-0.15, -0.1) is 11.3 Å². The van der Waals surface area contributed by atoms with Crippen molar-refractivity contribution in [1.29, 1.82) is 0 Å². The lowest BCUT2D eigenvalue weighted by Crippen LogP contribution is -2.37. The van der Waals surface area contributed by atoms with Gasteiger partial charge in [0.15, 0.2) is 0 Å². The number of hydrogen-bond donors (Lipinski definition) is 2. The molecule has 0 spiro atoms. The van der Waals surface area contributed by atoms with Gasteiger partial charge in [0.2, 0.25) is 0 Å². The number of amides is 1. The molecule has 2 atom stereocenters. The van der Waals surface area contributed by atoms with Crippen molar-refractivity contribution < 1.29 is 15.0 Å². The first-order valence-corrected chi connectivity index (χ1v) is 9.00. The first-order chi connectivity index (χ1) is 11.4. The normalized spacial score (nSPS) is 20.6. The molecule has 2 aromatic rings. The summed E-state index contributed by atoms with van der Waals surface area (Å²) in [6, 6.07) is 4.73. The van der Waals surface area contributed by atoms with Crippen molar-refractivity contribution in [2.24, 2.45) is 0 Å². The molecule has 1 aliphatic rings. The summed E-state index contributed by atoms with van der Waals surface area (Å²) in [7, 11) is 0. The van der Waals surface area contributed by atoms with Gasteiger partial charge in [0, 0.05) is 17.1 Å². The van der Waals surface area contributed by atoms with Crippen LogP contribution in [-0.2, 0) is 0 Å². The van der Waals surface area contributed by atoms with Crippen LogP contribution in [0.1, 0.15) is 21.8 Å². The van der Waals surface area contributed by atoms with Gasteiger partial charge in [-0.1, -0.05) is 23.2 Å². The molecule has 3 rings (SSSR count). The molecule has 0 bridgehead atoms. The molecule has 8 heteroatoms. The first kappa shape index (κ1) is 17.6. The summed E-state index contributed by atoms with van der Waals surface area (Å²) in [5.41, 5.74) is 1.27.